The third-order valence-electron chi connectivity index (χ3n) is 2.44. The van der Waals surface area contributed by atoms with E-state index in [1.807, 2.05) is 34.6 Å². The average molecular weight is 243 g/mol. The maximum absolute atomic E-state index is 11.9. The minimum atomic E-state index is -0.529. The zero-order valence-corrected chi connectivity index (χ0v) is 11.7. The fourth-order valence-corrected chi connectivity index (χ4v) is 1.37. The van der Waals surface area contributed by atoms with Crippen LogP contribution in [0, 0.1) is 11.8 Å². The number of hydrogen-bond donors (Lipinski definition) is 1. The van der Waals surface area contributed by atoms with Crippen molar-refractivity contribution in [3.8, 4) is 0 Å². The molecule has 0 aromatic carbocycles. The summed E-state index contributed by atoms with van der Waals surface area (Å²) in [4.78, 5) is 23.5. The third-order valence-corrected chi connectivity index (χ3v) is 2.44. The van der Waals surface area contributed by atoms with Gasteiger partial charge in [-0.2, -0.15) is 0 Å². The summed E-state index contributed by atoms with van der Waals surface area (Å²) in [5, 5.41) is 0. The predicted octanol–water partition coefficient (Wildman–Crippen LogP) is 1.91. The van der Waals surface area contributed by atoms with Gasteiger partial charge in [0.25, 0.3) is 0 Å². The molecule has 0 bridgehead atoms. The van der Waals surface area contributed by atoms with E-state index in [9.17, 15) is 9.59 Å². The summed E-state index contributed by atoms with van der Waals surface area (Å²) < 4.78 is 5.31. The van der Waals surface area contributed by atoms with E-state index >= 15 is 0 Å². The van der Waals surface area contributed by atoms with Crippen molar-refractivity contribution >= 4 is 11.8 Å². The van der Waals surface area contributed by atoms with Crippen molar-refractivity contribution in [1.82, 2.24) is 0 Å². The fourth-order valence-electron chi connectivity index (χ4n) is 1.37. The lowest BCUT2D eigenvalue weighted by Crippen LogP contribution is -2.35. The molecule has 0 aliphatic heterocycles. The van der Waals surface area contributed by atoms with Crippen LogP contribution in [0.5, 0.6) is 0 Å². The first kappa shape index (κ1) is 16.1. The maximum atomic E-state index is 11.9. The molecule has 0 fully saturated rings. The Hall–Kier alpha value is -0.900. The van der Waals surface area contributed by atoms with E-state index in [4.69, 9.17) is 10.5 Å². The Morgan fingerprint density at radius 3 is 1.94 bits per heavy atom. The molecule has 0 spiro atoms. The summed E-state index contributed by atoms with van der Waals surface area (Å²) in [6, 6.07) is -0.529. The summed E-state index contributed by atoms with van der Waals surface area (Å²) in [7, 11) is 0. The van der Waals surface area contributed by atoms with Crippen molar-refractivity contribution in [3.63, 3.8) is 0 Å². The lowest BCUT2D eigenvalue weighted by molar-refractivity contribution is -0.162. The van der Waals surface area contributed by atoms with Crippen molar-refractivity contribution in [2.45, 2.75) is 59.6 Å². The molecular weight excluding hydrogens is 218 g/mol. The van der Waals surface area contributed by atoms with Gasteiger partial charge in [-0.3, -0.25) is 9.59 Å². The first-order chi connectivity index (χ1) is 7.54. The number of ether oxygens (including phenoxy) is 1. The molecule has 2 N–H and O–H groups in total. The van der Waals surface area contributed by atoms with Crippen LogP contribution < -0.4 is 5.73 Å². The van der Waals surface area contributed by atoms with Crippen molar-refractivity contribution in [3.05, 3.63) is 0 Å². The van der Waals surface area contributed by atoms with E-state index in [2.05, 4.69) is 0 Å². The standard InChI is InChI=1S/C13H25NO3/c1-8(2)10(7-11(15)9(3)14)12(16)17-13(4,5)6/h8-10H,7,14H2,1-6H3/t9-,10-/m0/s1. The van der Waals surface area contributed by atoms with Gasteiger partial charge in [0.2, 0.25) is 0 Å². The SMILES string of the molecule is CC(C)[C@H](CC(=O)[C@H](C)N)C(=O)OC(C)(C)C. The van der Waals surface area contributed by atoms with Crippen LogP contribution in [0.15, 0.2) is 0 Å². The van der Waals surface area contributed by atoms with E-state index in [0.29, 0.717) is 0 Å². The van der Waals surface area contributed by atoms with Crippen LogP contribution >= 0.6 is 0 Å². The Morgan fingerprint density at radius 2 is 1.65 bits per heavy atom. The van der Waals surface area contributed by atoms with Crippen LogP contribution in [0.2, 0.25) is 0 Å². The molecule has 100 valence electrons. The van der Waals surface area contributed by atoms with Crippen LogP contribution in [0.1, 0.15) is 48.0 Å². The number of hydrogen-bond acceptors (Lipinski definition) is 4. The van der Waals surface area contributed by atoms with Crippen molar-refractivity contribution in [2.24, 2.45) is 17.6 Å². The number of ketones is 1. The van der Waals surface area contributed by atoms with Crippen molar-refractivity contribution in [2.75, 3.05) is 0 Å². The van der Waals surface area contributed by atoms with Gasteiger partial charge < -0.3 is 10.5 Å². The fraction of sp³-hybridized carbons (Fsp3) is 0.846. The van der Waals surface area contributed by atoms with E-state index < -0.39 is 17.6 Å². The van der Waals surface area contributed by atoms with Gasteiger partial charge in [0.15, 0.2) is 0 Å². The molecule has 0 unspecified atom stereocenters. The van der Waals surface area contributed by atoms with Crippen LogP contribution in [0.25, 0.3) is 0 Å². The molecule has 4 nitrogen and oxygen atoms in total. The van der Waals surface area contributed by atoms with Crippen molar-refractivity contribution < 1.29 is 14.3 Å². The first-order valence-corrected chi connectivity index (χ1v) is 6.05. The van der Waals surface area contributed by atoms with E-state index in [0.717, 1.165) is 0 Å². The van der Waals surface area contributed by atoms with Gasteiger partial charge in [-0.1, -0.05) is 13.8 Å². The zero-order chi connectivity index (χ0) is 13.8. The highest BCUT2D eigenvalue weighted by molar-refractivity contribution is 5.87. The Bertz CT molecular complexity index is 277. The van der Waals surface area contributed by atoms with Crippen LogP contribution in [-0.2, 0) is 14.3 Å². The van der Waals surface area contributed by atoms with Gasteiger partial charge in [0.1, 0.15) is 11.4 Å². The molecule has 0 saturated carbocycles. The molecule has 0 radical (unpaired) electrons. The summed E-state index contributed by atoms with van der Waals surface area (Å²) in [6.07, 6.45) is 0.157. The molecule has 0 saturated heterocycles. The molecule has 0 heterocycles. The molecule has 0 aliphatic carbocycles. The number of carbonyl (C=O) groups excluding carboxylic acids is 2. The Morgan fingerprint density at radius 1 is 1.18 bits per heavy atom. The van der Waals surface area contributed by atoms with Gasteiger partial charge in [-0.05, 0) is 33.6 Å². The first-order valence-electron chi connectivity index (χ1n) is 6.05. The molecule has 4 heteroatoms. The van der Waals surface area contributed by atoms with E-state index in [1.165, 1.54) is 0 Å². The normalized spacial score (nSPS) is 15.5. The van der Waals surface area contributed by atoms with Crippen LogP contribution in [0.4, 0.5) is 0 Å². The third kappa shape index (κ3) is 6.41. The molecule has 17 heavy (non-hydrogen) atoms. The van der Waals surface area contributed by atoms with Crippen LogP contribution in [-0.4, -0.2) is 23.4 Å². The molecule has 0 amide bonds. The van der Waals surface area contributed by atoms with Gasteiger partial charge in [-0.25, -0.2) is 0 Å². The average Bonchev–Trinajstić information content (AvgIpc) is 2.09. The summed E-state index contributed by atoms with van der Waals surface area (Å²) in [5.41, 5.74) is 4.98. The Labute approximate surface area is 104 Å². The minimum absolute atomic E-state index is 0.0625. The van der Waals surface area contributed by atoms with Gasteiger partial charge >= 0.3 is 5.97 Å². The lowest BCUT2D eigenvalue weighted by atomic mass is 9.89. The van der Waals surface area contributed by atoms with Crippen molar-refractivity contribution in [1.29, 1.82) is 0 Å². The summed E-state index contributed by atoms with van der Waals surface area (Å²) in [6.45, 7) is 10.9. The second-order valence-corrected chi connectivity index (χ2v) is 5.84. The molecule has 0 aliphatic rings. The number of esters is 1. The number of rotatable bonds is 5. The topological polar surface area (TPSA) is 69.4 Å². The predicted molar refractivity (Wildman–Crippen MR) is 67.4 cm³/mol. The molecular formula is C13H25NO3. The second kappa shape index (κ2) is 6.15. The van der Waals surface area contributed by atoms with Gasteiger partial charge in [0, 0.05) is 6.42 Å². The Kier molecular flexibility index (Phi) is 5.82. The zero-order valence-electron chi connectivity index (χ0n) is 11.7. The summed E-state index contributed by atoms with van der Waals surface area (Å²) in [5.74, 6) is -0.767. The lowest BCUT2D eigenvalue weighted by Gasteiger charge is -2.25. The maximum Gasteiger partial charge on any atom is 0.310 e. The molecule has 0 rings (SSSR count). The Balaban J connectivity index is 4.64. The van der Waals surface area contributed by atoms with E-state index in [1.54, 1.807) is 6.92 Å². The monoisotopic (exact) mass is 243 g/mol. The second-order valence-electron chi connectivity index (χ2n) is 5.84. The highest BCUT2D eigenvalue weighted by atomic mass is 16.6. The molecule has 0 aromatic rings. The smallest absolute Gasteiger partial charge is 0.310 e. The van der Waals surface area contributed by atoms with Gasteiger partial charge in [-0.15, -0.1) is 0 Å². The molecule has 2 atom stereocenters. The van der Waals surface area contributed by atoms with Crippen LogP contribution in [0.3, 0.4) is 0 Å². The number of carbonyl (C=O) groups is 2. The van der Waals surface area contributed by atoms with E-state index in [-0.39, 0.29) is 24.1 Å². The van der Waals surface area contributed by atoms with Gasteiger partial charge in [0.05, 0.1) is 12.0 Å². The minimum Gasteiger partial charge on any atom is -0.460 e. The number of Topliss-reactive ketones (excluding diaryl/α,β-unsaturated/α-hetero) is 1. The highest BCUT2D eigenvalue weighted by Crippen LogP contribution is 2.21. The quantitative estimate of drug-likeness (QED) is 0.749. The summed E-state index contributed by atoms with van der Waals surface area (Å²) >= 11 is 0. The highest BCUT2D eigenvalue weighted by Gasteiger charge is 2.30. The molecule has 0 aromatic heterocycles. The number of nitrogens with two attached hydrogens (primary N) is 1. The largest absolute Gasteiger partial charge is 0.460 e.